The number of halogens is 2. The van der Waals surface area contributed by atoms with Gasteiger partial charge in [0.1, 0.15) is 5.82 Å². The van der Waals surface area contributed by atoms with Crippen LogP contribution in [0.1, 0.15) is 27.2 Å². The molecule has 1 aromatic heterocycles. The Morgan fingerprint density at radius 1 is 1.04 bits per heavy atom. The van der Waals surface area contributed by atoms with Crippen LogP contribution in [0, 0.1) is 5.82 Å². The van der Waals surface area contributed by atoms with Gasteiger partial charge in [0.25, 0.3) is 0 Å². The van der Waals surface area contributed by atoms with Gasteiger partial charge in [0, 0.05) is 34.3 Å². The molecule has 0 atom stereocenters. The second-order valence-electron chi connectivity index (χ2n) is 7.67. The number of benzene rings is 2. The molecule has 2 N–H and O–H groups in total. The molecule has 3 aromatic rings. The van der Waals surface area contributed by atoms with Crippen molar-refractivity contribution in [2.24, 2.45) is 0 Å². The first-order chi connectivity index (χ1) is 12.8. The highest BCUT2D eigenvalue weighted by molar-refractivity contribution is 6.31. The molecule has 0 unspecified atom stereocenters. The Morgan fingerprint density at radius 2 is 1.78 bits per heavy atom. The number of nitrogens with zero attached hydrogens (tertiary/aromatic N) is 1. The van der Waals surface area contributed by atoms with E-state index in [0.717, 1.165) is 47.2 Å². The van der Waals surface area contributed by atoms with Gasteiger partial charge in [0.2, 0.25) is 0 Å². The second-order valence-corrected chi connectivity index (χ2v) is 8.11. The predicted molar refractivity (Wildman–Crippen MR) is 113 cm³/mol. The lowest BCUT2D eigenvalue weighted by Crippen LogP contribution is -2.36. The van der Waals surface area contributed by atoms with E-state index in [1.165, 1.54) is 12.1 Å². The standard InChI is InChI=1S/C22H25ClFN3/c1-22(2,3)27-12-4-11-25-21-18-10-7-16(23)13-20(18)26-14-19(21)15-5-8-17(24)9-6-15/h5-10,13-14,27H,4,11-12H2,1-3H3,(H,25,26). The van der Waals surface area contributed by atoms with Crippen LogP contribution in [0.3, 0.4) is 0 Å². The summed E-state index contributed by atoms with van der Waals surface area (Å²) in [6.45, 7) is 8.23. The minimum absolute atomic E-state index is 0.111. The summed E-state index contributed by atoms with van der Waals surface area (Å²) >= 11 is 6.12. The molecule has 0 saturated heterocycles. The van der Waals surface area contributed by atoms with E-state index in [4.69, 9.17) is 11.6 Å². The Labute approximate surface area is 165 Å². The quantitative estimate of drug-likeness (QED) is 0.520. The Morgan fingerprint density at radius 3 is 2.48 bits per heavy atom. The fraction of sp³-hybridized carbons (Fsp3) is 0.318. The molecule has 142 valence electrons. The summed E-state index contributed by atoms with van der Waals surface area (Å²) in [4.78, 5) is 4.55. The molecule has 1 heterocycles. The number of pyridine rings is 1. The van der Waals surface area contributed by atoms with Crippen LogP contribution in [0.25, 0.3) is 22.0 Å². The lowest BCUT2D eigenvalue weighted by atomic mass is 10.0. The highest BCUT2D eigenvalue weighted by Crippen LogP contribution is 2.34. The van der Waals surface area contributed by atoms with Crippen molar-refractivity contribution < 1.29 is 4.39 Å². The minimum atomic E-state index is -0.248. The van der Waals surface area contributed by atoms with Gasteiger partial charge >= 0.3 is 0 Å². The predicted octanol–water partition coefficient (Wildman–Crippen LogP) is 5.88. The van der Waals surface area contributed by atoms with Crippen molar-refractivity contribution in [3.8, 4) is 11.1 Å². The summed E-state index contributed by atoms with van der Waals surface area (Å²) in [5, 5.41) is 8.71. The van der Waals surface area contributed by atoms with Crippen molar-refractivity contribution in [3.05, 3.63) is 59.5 Å². The molecular weight excluding hydrogens is 361 g/mol. The van der Waals surface area contributed by atoms with Gasteiger partial charge in [-0.05, 0) is 69.6 Å². The molecular formula is C22H25ClFN3. The van der Waals surface area contributed by atoms with Gasteiger partial charge in [-0.1, -0.05) is 23.7 Å². The summed E-state index contributed by atoms with van der Waals surface area (Å²) in [5.74, 6) is -0.248. The molecule has 0 aliphatic heterocycles. The van der Waals surface area contributed by atoms with Gasteiger partial charge in [-0.15, -0.1) is 0 Å². The summed E-state index contributed by atoms with van der Waals surface area (Å²) in [6, 6.07) is 12.2. The molecule has 0 radical (unpaired) electrons. The SMILES string of the molecule is CC(C)(C)NCCCNc1c(-c2ccc(F)cc2)cnc2cc(Cl)ccc12. The van der Waals surface area contributed by atoms with E-state index in [1.807, 2.05) is 24.4 Å². The fourth-order valence-corrected chi connectivity index (χ4v) is 3.14. The maximum Gasteiger partial charge on any atom is 0.123 e. The first-order valence-electron chi connectivity index (χ1n) is 9.16. The van der Waals surface area contributed by atoms with Gasteiger partial charge in [0.15, 0.2) is 0 Å². The highest BCUT2D eigenvalue weighted by atomic mass is 35.5. The molecule has 5 heteroatoms. The van der Waals surface area contributed by atoms with E-state index in [2.05, 4.69) is 36.4 Å². The van der Waals surface area contributed by atoms with Crippen molar-refractivity contribution in [2.75, 3.05) is 18.4 Å². The van der Waals surface area contributed by atoms with E-state index >= 15 is 0 Å². The molecule has 2 aromatic carbocycles. The molecule has 27 heavy (non-hydrogen) atoms. The minimum Gasteiger partial charge on any atom is -0.384 e. The molecule has 0 bridgehead atoms. The second kappa shape index (κ2) is 8.24. The van der Waals surface area contributed by atoms with Gasteiger partial charge in [-0.2, -0.15) is 0 Å². The van der Waals surface area contributed by atoms with Gasteiger partial charge in [-0.25, -0.2) is 4.39 Å². The maximum absolute atomic E-state index is 13.3. The number of nitrogens with one attached hydrogen (secondary N) is 2. The summed E-state index contributed by atoms with van der Waals surface area (Å²) in [7, 11) is 0. The van der Waals surface area contributed by atoms with Crippen molar-refractivity contribution >= 4 is 28.2 Å². The van der Waals surface area contributed by atoms with Crippen molar-refractivity contribution in [1.29, 1.82) is 0 Å². The van der Waals surface area contributed by atoms with E-state index in [1.54, 1.807) is 12.1 Å². The van der Waals surface area contributed by atoms with Gasteiger partial charge < -0.3 is 10.6 Å². The Hall–Kier alpha value is -2.17. The largest absolute Gasteiger partial charge is 0.384 e. The van der Waals surface area contributed by atoms with Crippen LogP contribution < -0.4 is 10.6 Å². The van der Waals surface area contributed by atoms with Crippen LogP contribution in [0.4, 0.5) is 10.1 Å². The number of rotatable bonds is 6. The summed E-state index contributed by atoms with van der Waals surface area (Å²) < 4.78 is 13.3. The van der Waals surface area contributed by atoms with Crippen LogP contribution in [-0.2, 0) is 0 Å². The zero-order valence-corrected chi connectivity index (χ0v) is 16.7. The third kappa shape index (κ3) is 5.18. The summed E-state index contributed by atoms with van der Waals surface area (Å²) in [5.41, 5.74) is 3.83. The third-order valence-electron chi connectivity index (χ3n) is 4.30. The molecule has 3 rings (SSSR count). The summed E-state index contributed by atoms with van der Waals surface area (Å²) in [6.07, 6.45) is 2.80. The van der Waals surface area contributed by atoms with Crippen LogP contribution in [0.2, 0.25) is 5.02 Å². The molecule has 3 nitrogen and oxygen atoms in total. The number of anilines is 1. The van der Waals surface area contributed by atoms with Crippen LogP contribution >= 0.6 is 11.6 Å². The van der Waals surface area contributed by atoms with Crippen LogP contribution in [0.15, 0.2) is 48.7 Å². The fourth-order valence-electron chi connectivity index (χ4n) is 2.97. The number of aromatic nitrogens is 1. The maximum atomic E-state index is 13.3. The van der Waals surface area contributed by atoms with E-state index in [9.17, 15) is 4.39 Å². The average Bonchev–Trinajstić information content (AvgIpc) is 2.61. The van der Waals surface area contributed by atoms with Crippen LogP contribution in [0.5, 0.6) is 0 Å². The van der Waals surface area contributed by atoms with Crippen molar-refractivity contribution in [3.63, 3.8) is 0 Å². The monoisotopic (exact) mass is 385 g/mol. The third-order valence-corrected chi connectivity index (χ3v) is 4.53. The Balaban J connectivity index is 1.89. The lowest BCUT2D eigenvalue weighted by molar-refractivity contribution is 0.425. The Bertz CT molecular complexity index is 917. The first kappa shape index (κ1) is 19.6. The molecule has 0 amide bonds. The van der Waals surface area contributed by atoms with E-state index in [0.29, 0.717) is 5.02 Å². The topological polar surface area (TPSA) is 37.0 Å². The van der Waals surface area contributed by atoms with Crippen molar-refractivity contribution in [1.82, 2.24) is 10.3 Å². The molecule has 0 aliphatic rings. The molecule has 0 aliphatic carbocycles. The average molecular weight is 386 g/mol. The molecule has 0 saturated carbocycles. The van der Waals surface area contributed by atoms with E-state index in [-0.39, 0.29) is 11.4 Å². The lowest BCUT2D eigenvalue weighted by Gasteiger charge is -2.21. The van der Waals surface area contributed by atoms with Gasteiger partial charge in [0.05, 0.1) is 11.2 Å². The van der Waals surface area contributed by atoms with E-state index < -0.39 is 0 Å². The number of hydrogen-bond donors (Lipinski definition) is 2. The Kier molecular flexibility index (Phi) is 5.98. The zero-order chi connectivity index (χ0) is 19.4. The first-order valence-corrected chi connectivity index (χ1v) is 9.54. The van der Waals surface area contributed by atoms with Gasteiger partial charge in [-0.3, -0.25) is 4.98 Å². The smallest absolute Gasteiger partial charge is 0.123 e. The number of fused-ring (bicyclic) bond motifs is 1. The zero-order valence-electron chi connectivity index (χ0n) is 15.9. The normalized spacial score (nSPS) is 11.7. The highest BCUT2D eigenvalue weighted by Gasteiger charge is 2.12. The van der Waals surface area contributed by atoms with Crippen molar-refractivity contribution in [2.45, 2.75) is 32.7 Å². The molecule has 0 fully saturated rings. The van der Waals surface area contributed by atoms with Crippen LogP contribution in [-0.4, -0.2) is 23.6 Å². The molecule has 0 spiro atoms. The number of hydrogen-bond acceptors (Lipinski definition) is 3.